The molecule has 7 atom stereocenters. The summed E-state index contributed by atoms with van der Waals surface area (Å²) in [5, 5.41) is 54.3. The van der Waals surface area contributed by atoms with Crippen LogP contribution in [0.3, 0.4) is 0 Å². The quantitative estimate of drug-likeness (QED) is 0.0261. The molecule has 0 aliphatic carbocycles. The number of aliphatic hydroxyl groups is 5. The van der Waals surface area contributed by atoms with Crippen LogP contribution in [0.5, 0.6) is 0 Å². The summed E-state index contributed by atoms with van der Waals surface area (Å²) >= 11 is 0. The van der Waals surface area contributed by atoms with Gasteiger partial charge in [-0.25, -0.2) is 0 Å². The minimum atomic E-state index is -1.57. The van der Waals surface area contributed by atoms with E-state index in [1.165, 1.54) is 173 Å². The lowest BCUT2D eigenvalue weighted by Gasteiger charge is -2.40. The number of unbranched alkanes of at least 4 members (excludes halogenated alkanes) is 29. The minimum absolute atomic E-state index is 0.189. The third kappa shape index (κ3) is 34.5. The number of carbonyl (C=O) groups excluding carboxylic acids is 1. The first-order valence-electron chi connectivity index (χ1n) is 26.9. The molecule has 7 unspecified atom stereocenters. The molecular weight excluding hydrogens is 803 g/mol. The predicted octanol–water partition coefficient (Wildman–Crippen LogP) is 12.6. The maximum absolute atomic E-state index is 13.0. The number of ether oxygens (including phenoxy) is 2. The molecule has 0 aromatic carbocycles. The molecular formula is C55H101NO8. The fourth-order valence-corrected chi connectivity index (χ4v) is 8.32. The van der Waals surface area contributed by atoms with Crippen molar-refractivity contribution >= 4 is 5.91 Å². The summed E-state index contributed by atoms with van der Waals surface area (Å²) in [6, 6.07) is -0.823. The third-order valence-electron chi connectivity index (χ3n) is 12.6. The fraction of sp³-hybridized carbons (Fsp3) is 0.836. The number of carbonyl (C=O) groups is 1. The molecule has 1 rings (SSSR count). The van der Waals surface area contributed by atoms with Crippen molar-refractivity contribution in [2.24, 2.45) is 0 Å². The molecule has 9 heteroatoms. The number of hydrogen-bond acceptors (Lipinski definition) is 8. The normalized spacial score (nSPS) is 20.4. The molecule has 0 radical (unpaired) electrons. The van der Waals surface area contributed by atoms with Gasteiger partial charge in [-0.05, 0) is 64.2 Å². The van der Waals surface area contributed by atoms with Gasteiger partial charge in [0.2, 0.25) is 5.91 Å². The number of hydrogen-bond donors (Lipinski definition) is 6. The Kier molecular flexibility index (Phi) is 42.3. The third-order valence-corrected chi connectivity index (χ3v) is 12.6. The van der Waals surface area contributed by atoms with Crippen molar-refractivity contribution in [2.45, 2.75) is 281 Å². The molecule has 0 aromatic rings. The molecule has 9 nitrogen and oxygen atoms in total. The Balaban J connectivity index is 2.23. The van der Waals surface area contributed by atoms with Crippen LogP contribution in [-0.4, -0.2) is 87.5 Å². The zero-order chi connectivity index (χ0) is 46.6. The monoisotopic (exact) mass is 904 g/mol. The van der Waals surface area contributed by atoms with E-state index in [1.54, 1.807) is 6.08 Å². The van der Waals surface area contributed by atoms with Gasteiger partial charge >= 0.3 is 0 Å². The van der Waals surface area contributed by atoms with E-state index < -0.39 is 49.5 Å². The van der Waals surface area contributed by atoms with Crippen molar-refractivity contribution in [1.82, 2.24) is 5.32 Å². The van der Waals surface area contributed by atoms with E-state index in [9.17, 15) is 30.3 Å². The van der Waals surface area contributed by atoms with Crippen LogP contribution in [0.4, 0.5) is 0 Å². The zero-order valence-corrected chi connectivity index (χ0v) is 41.3. The molecule has 0 aromatic heterocycles. The van der Waals surface area contributed by atoms with Crippen molar-refractivity contribution < 1.29 is 39.8 Å². The molecule has 1 saturated heterocycles. The van der Waals surface area contributed by atoms with Crippen LogP contribution < -0.4 is 5.32 Å². The lowest BCUT2D eigenvalue weighted by molar-refractivity contribution is -0.302. The van der Waals surface area contributed by atoms with Gasteiger partial charge in [-0.3, -0.25) is 4.79 Å². The summed E-state index contributed by atoms with van der Waals surface area (Å²) in [5.41, 5.74) is 0. The first kappa shape index (κ1) is 60.2. The number of amides is 1. The van der Waals surface area contributed by atoms with E-state index >= 15 is 0 Å². The molecule has 1 heterocycles. The second kappa shape index (κ2) is 45.0. The van der Waals surface area contributed by atoms with Gasteiger partial charge in [0.05, 0.1) is 25.4 Å². The van der Waals surface area contributed by atoms with Crippen LogP contribution >= 0.6 is 0 Å². The van der Waals surface area contributed by atoms with Gasteiger partial charge in [-0.1, -0.05) is 217 Å². The Labute approximate surface area is 393 Å². The molecule has 1 aliphatic rings. The maximum Gasteiger partial charge on any atom is 0.220 e. The Morgan fingerprint density at radius 2 is 0.938 bits per heavy atom. The summed E-state index contributed by atoms with van der Waals surface area (Å²) in [4.78, 5) is 13.0. The summed E-state index contributed by atoms with van der Waals surface area (Å²) in [6.45, 7) is 3.76. The second-order valence-corrected chi connectivity index (χ2v) is 18.7. The molecule has 374 valence electrons. The number of allylic oxidation sites excluding steroid dienone is 7. The molecule has 64 heavy (non-hydrogen) atoms. The van der Waals surface area contributed by atoms with E-state index in [0.717, 1.165) is 44.9 Å². The van der Waals surface area contributed by atoms with Crippen molar-refractivity contribution in [1.29, 1.82) is 0 Å². The average molecular weight is 904 g/mol. The highest BCUT2D eigenvalue weighted by atomic mass is 16.7. The molecule has 1 fully saturated rings. The zero-order valence-electron chi connectivity index (χ0n) is 41.3. The lowest BCUT2D eigenvalue weighted by atomic mass is 9.99. The van der Waals surface area contributed by atoms with Gasteiger partial charge in [0, 0.05) is 6.42 Å². The Hall–Kier alpha value is -1.85. The van der Waals surface area contributed by atoms with Gasteiger partial charge in [-0.2, -0.15) is 0 Å². The molecule has 1 amide bonds. The second-order valence-electron chi connectivity index (χ2n) is 18.7. The van der Waals surface area contributed by atoms with Crippen molar-refractivity contribution in [3.05, 3.63) is 48.6 Å². The van der Waals surface area contributed by atoms with Crippen molar-refractivity contribution in [3.63, 3.8) is 0 Å². The molecule has 0 saturated carbocycles. The average Bonchev–Trinajstić information content (AvgIpc) is 3.29. The minimum Gasteiger partial charge on any atom is -0.394 e. The van der Waals surface area contributed by atoms with Gasteiger partial charge in [0.25, 0.3) is 0 Å². The molecule has 6 N–H and O–H groups in total. The van der Waals surface area contributed by atoms with Crippen LogP contribution in [0.25, 0.3) is 0 Å². The van der Waals surface area contributed by atoms with E-state index in [-0.39, 0.29) is 12.5 Å². The van der Waals surface area contributed by atoms with Crippen LogP contribution in [-0.2, 0) is 14.3 Å². The van der Waals surface area contributed by atoms with Crippen LogP contribution in [0, 0.1) is 0 Å². The van der Waals surface area contributed by atoms with Crippen LogP contribution in [0.15, 0.2) is 48.6 Å². The molecule has 1 aliphatic heterocycles. The predicted molar refractivity (Wildman–Crippen MR) is 267 cm³/mol. The van der Waals surface area contributed by atoms with Gasteiger partial charge < -0.3 is 40.3 Å². The highest BCUT2D eigenvalue weighted by Crippen LogP contribution is 2.23. The van der Waals surface area contributed by atoms with Crippen LogP contribution in [0.2, 0.25) is 0 Å². The molecule has 0 bridgehead atoms. The Morgan fingerprint density at radius 1 is 0.531 bits per heavy atom. The first-order valence-corrected chi connectivity index (χ1v) is 26.9. The van der Waals surface area contributed by atoms with E-state index in [1.807, 2.05) is 6.08 Å². The van der Waals surface area contributed by atoms with Gasteiger partial charge in [0.15, 0.2) is 6.29 Å². The number of nitrogens with one attached hydrogen (secondary N) is 1. The highest BCUT2D eigenvalue weighted by molar-refractivity contribution is 5.76. The smallest absolute Gasteiger partial charge is 0.220 e. The summed E-state index contributed by atoms with van der Waals surface area (Å²) in [5.74, 6) is -0.189. The van der Waals surface area contributed by atoms with Crippen molar-refractivity contribution in [2.75, 3.05) is 13.2 Å². The Bertz CT molecular complexity index is 1140. The van der Waals surface area contributed by atoms with E-state index in [0.29, 0.717) is 6.42 Å². The number of aliphatic hydroxyl groups excluding tert-OH is 5. The summed E-state index contributed by atoms with van der Waals surface area (Å²) in [7, 11) is 0. The Morgan fingerprint density at radius 3 is 1.41 bits per heavy atom. The van der Waals surface area contributed by atoms with Gasteiger partial charge in [-0.15, -0.1) is 0 Å². The summed E-state index contributed by atoms with van der Waals surface area (Å²) < 4.78 is 11.2. The van der Waals surface area contributed by atoms with Crippen molar-refractivity contribution in [3.8, 4) is 0 Å². The maximum atomic E-state index is 13.0. The standard InChI is InChI=1S/C55H101NO8/c1-3-5-7-9-11-13-15-17-19-20-21-22-23-24-25-26-27-28-29-30-31-33-35-37-39-41-43-45-51(59)56-48(47-63-55-54(62)53(61)52(60)50(46-57)64-55)49(58)44-42-40-38-36-34-32-18-16-14-12-10-8-6-4-2/h21-22,24-25,34,36,42,44,48-50,52-55,57-58,60-62H,3-20,23,26-33,35,37-41,43,45-47H2,1-2H3,(H,56,59)/b22-21-,25-24-,36-34+,44-42+. The fourth-order valence-electron chi connectivity index (χ4n) is 8.32. The van der Waals surface area contributed by atoms with Gasteiger partial charge in [0.1, 0.15) is 24.4 Å². The van der Waals surface area contributed by atoms with Crippen LogP contribution in [0.1, 0.15) is 239 Å². The first-order chi connectivity index (χ1) is 31.3. The number of rotatable bonds is 45. The highest BCUT2D eigenvalue weighted by Gasteiger charge is 2.44. The molecule has 0 spiro atoms. The summed E-state index contributed by atoms with van der Waals surface area (Å²) in [6.07, 6.45) is 51.7. The topological polar surface area (TPSA) is 149 Å². The largest absolute Gasteiger partial charge is 0.394 e. The van der Waals surface area contributed by atoms with E-state index in [2.05, 4.69) is 55.6 Å². The SMILES string of the molecule is CCCCCCCCCC/C=C/CC/C=C/C(O)C(COC1OC(CO)C(O)C(O)C1O)NC(=O)CCCCCCCCCCCCC/C=C\C/C=C\CCCCCCCCCCC. The lowest BCUT2D eigenvalue weighted by Crippen LogP contribution is -2.60. The van der Waals surface area contributed by atoms with E-state index in [4.69, 9.17) is 9.47 Å².